The van der Waals surface area contributed by atoms with Gasteiger partial charge in [-0.05, 0) is 13.8 Å². The molecule has 0 N–H and O–H groups in total. The predicted molar refractivity (Wildman–Crippen MR) is 29.0 cm³/mol. The lowest BCUT2D eigenvalue weighted by Crippen LogP contribution is -1.73. The maximum absolute atomic E-state index is 3.81. The number of rotatable bonds is 1. The van der Waals surface area contributed by atoms with Crippen molar-refractivity contribution < 1.29 is 0 Å². The summed E-state index contributed by atoms with van der Waals surface area (Å²) in [6.45, 7) is 7.28. The summed E-state index contributed by atoms with van der Waals surface area (Å²) in [4.78, 5) is 3.81. The molecule has 0 amide bonds. The van der Waals surface area contributed by atoms with Crippen LogP contribution in [0, 0.1) is 0 Å². The molecule has 0 saturated carbocycles. The number of nitrogens with zero attached hydrogens (tertiary/aromatic N) is 1. The van der Waals surface area contributed by atoms with Gasteiger partial charge in [-0.1, -0.05) is 6.58 Å². The summed E-state index contributed by atoms with van der Waals surface area (Å²) >= 11 is 0. The lowest BCUT2D eigenvalue weighted by atomic mass is 10.5. The van der Waals surface area contributed by atoms with Gasteiger partial charge >= 0.3 is 0 Å². The number of hydrogen-bond acceptors (Lipinski definition) is 1. The van der Waals surface area contributed by atoms with Crippen molar-refractivity contribution in [3.05, 3.63) is 12.8 Å². The molecule has 0 bridgehead atoms. The molecule has 0 aromatic rings. The van der Waals surface area contributed by atoms with Gasteiger partial charge in [0, 0.05) is 11.9 Å². The van der Waals surface area contributed by atoms with Crippen LogP contribution in [0.25, 0.3) is 0 Å². The first kappa shape index (κ1) is 5.41. The van der Waals surface area contributed by atoms with Crippen LogP contribution in [0.1, 0.15) is 13.8 Å². The number of hydrogen-bond donors (Lipinski definition) is 0. The molecular weight excluding hydrogens is 74.1 g/mol. The van der Waals surface area contributed by atoms with E-state index in [1.165, 1.54) is 6.20 Å². The van der Waals surface area contributed by atoms with Crippen LogP contribution in [0.15, 0.2) is 17.8 Å². The Labute approximate surface area is 38.4 Å². The van der Waals surface area contributed by atoms with E-state index in [1.54, 1.807) is 0 Å². The maximum Gasteiger partial charge on any atom is 0.0194 e. The molecule has 0 aliphatic rings. The minimum Gasteiger partial charge on any atom is -0.267 e. The van der Waals surface area contributed by atoms with Crippen molar-refractivity contribution in [2.45, 2.75) is 13.8 Å². The molecule has 0 fully saturated rings. The molecule has 0 saturated heterocycles. The molecule has 34 valence electrons. The molecule has 0 radical (unpaired) electrons. The van der Waals surface area contributed by atoms with Gasteiger partial charge in [0.1, 0.15) is 0 Å². The molecule has 0 aliphatic heterocycles. The van der Waals surface area contributed by atoms with E-state index in [1.807, 2.05) is 13.8 Å². The van der Waals surface area contributed by atoms with Crippen molar-refractivity contribution in [2.24, 2.45) is 4.99 Å². The van der Waals surface area contributed by atoms with E-state index in [2.05, 4.69) is 11.6 Å². The Morgan fingerprint density at radius 3 is 2.17 bits per heavy atom. The molecule has 0 aliphatic carbocycles. The van der Waals surface area contributed by atoms with Gasteiger partial charge in [0.05, 0.1) is 0 Å². The number of aliphatic imine (C=N–C) groups is 1. The smallest absolute Gasteiger partial charge is 0.0194 e. The summed E-state index contributed by atoms with van der Waals surface area (Å²) in [5, 5.41) is 0. The molecule has 0 spiro atoms. The fourth-order valence-electron chi connectivity index (χ4n) is 0.183. The van der Waals surface area contributed by atoms with E-state index in [0.717, 1.165) is 5.71 Å². The second-order valence-electron chi connectivity index (χ2n) is 1.26. The van der Waals surface area contributed by atoms with Crippen molar-refractivity contribution in [3.8, 4) is 0 Å². The molecule has 1 nitrogen and oxygen atoms in total. The summed E-state index contributed by atoms with van der Waals surface area (Å²) in [5.41, 5.74) is 1.05. The summed E-state index contributed by atoms with van der Waals surface area (Å²) < 4.78 is 0. The van der Waals surface area contributed by atoms with Crippen LogP contribution in [0.5, 0.6) is 0 Å². The van der Waals surface area contributed by atoms with Crippen LogP contribution in [0.3, 0.4) is 0 Å². The summed E-state index contributed by atoms with van der Waals surface area (Å²) in [7, 11) is 0. The summed E-state index contributed by atoms with van der Waals surface area (Å²) in [6, 6.07) is 0. The van der Waals surface area contributed by atoms with E-state index in [-0.39, 0.29) is 0 Å². The Kier molecular flexibility index (Phi) is 2.38. The molecule has 0 unspecified atom stereocenters. The van der Waals surface area contributed by atoms with Gasteiger partial charge in [-0.3, -0.25) is 4.99 Å². The van der Waals surface area contributed by atoms with Gasteiger partial charge in [-0.15, -0.1) is 0 Å². The van der Waals surface area contributed by atoms with Crippen molar-refractivity contribution in [2.75, 3.05) is 0 Å². The third kappa shape index (κ3) is 3.41. The molecule has 1 heteroatoms. The predicted octanol–water partition coefficient (Wildman–Crippen LogP) is 1.61. The fraction of sp³-hybridized carbons (Fsp3) is 0.400. The quantitative estimate of drug-likeness (QED) is 0.427. The van der Waals surface area contributed by atoms with E-state index in [4.69, 9.17) is 0 Å². The zero-order chi connectivity index (χ0) is 4.99. The van der Waals surface area contributed by atoms with Crippen molar-refractivity contribution in [3.63, 3.8) is 0 Å². The molecule has 6 heavy (non-hydrogen) atoms. The Balaban J connectivity index is 3.41. The summed E-state index contributed by atoms with van der Waals surface area (Å²) in [6.07, 6.45) is 1.54. The van der Waals surface area contributed by atoms with E-state index in [0.29, 0.717) is 0 Å². The zero-order valence-corrected chi connectivity index (χ0v) is 4.23. The first-order valence-corrected chi connectivity index (χ1v) is 1.89. The van der Waals surface area contributed by atoms with Gasteiger partial charge in [0.15, 0.2) is 0 Å². The second-order valence-corrected chi connectivity index (χ2v) is 1.26. The lowest BCUT2D eigenvalue weighted by Gasteiger charge is -1.76. The first-order chi connectivity index (χ1) is 2.77. The Morgan fingerprint density at radius 2 is 2.17 bits per heavy atom. The van der Waals surface area contributed by atoms with Crippen LogP contribution in [0.2, 0.25) is 0 Å². The highest BCUT2D eigenvalue weighted by atomic mass is 14.7. The van der Waals surface area contributed by atoms with Gasteiger partial charge in [-0.2, -0.15) is 0 Å². The van der Waals surface area contributed by atoms with Crippen LogP contribution in [0.4, 0.5) is 0 Å². The normalized spacial score (nSPS) is 7.00. The minimum absolute atomic E-state index is 1.05. The highest BCUT2D eigenvalue weighted by Crippen LogP contribution is 1.71. The maximum atomic E-state index is 3.81. The van der Waals surface area contributed by atoms with Crippen LogP contribution in [-0.2, 0) is 0 Å². The van der Waals surface area contributed by atoms with Crippen LogP contribution in [-0.4, -0.2) is 5.71 Å². The fourth-order valence-corrected chi connectivity index (χ4v) is 0.183. The highest BCUT2D eigenvalue weighted by Gasteiger charge is 1.64. The van der Waals surface area contributed by atoms with Crippen molar-refractivity contribution >= 4 is 5.71 Å². The van der Waals surface area contributed by atoms with Crippen molar-refractivity contribution in [1.29, 1.82) is 0 Å². The second kappa shape index (κ2) is 2.64. The third-order valence-electron chi connectivity index (χ3n) is 0.349. The van der Waals surface area contributed by atoms with E-state index >= 15 is 0 Å². The average molecular weight is 83.1 g/mol. The largest absolute Gasteiger partial charge is 0.267 e. The zero-order valence-electron chi connectivity index (χ0n) is 4.23. The highest BCUT2D eigenvalue weighted by molar-refractivity contribution is 5.79. The van der Waals surface area contributed by atoms with E-state index < -0.39 is 0 Å². The van der Waals surface area contributed by atoms with Gasteiger partial charge < -0.3 is 0 Å². The van der Waals surface area contributed by atoms with Gasteiger partial charge in [0.25, 0.3) is 0 Å². The molecule has 0 heterocycles. The Hall–Kier alpha value is -0.590. The van der Waals surface area contributed by atoms with Gasteiger partial charge in [0.2, 0.25) is 0 Å². The molecule has 0 aromatic heterocycles. The minimum atomic E-state index is 1.05. The Morgan fingerprint density at radius 1 is 1.67 bits per heavy atom. The van der Waals surface area contributed by atoms with E-state index in [9.17, 15) is 0 Å². The SMILES string of the molecule is C=CN=C(C)C. The standard InChI is InChI=1S/C5H9N/c1-4-6-5(2)3/h4H,1H2,2-3H3. The average Bonchev–Trinajstić information content (AvgIpc) is 1.35. The Bertz CT molecular complexity index is 68.0. The van der Waals surface area contributed by atoms with Crippen molar-refractivity contribution in [1.82, 2.24) is 0 Å². The monoisotopic (exact) mass is 83.1 g/mol. The van der Waals surface area contributed by atoms with Crippen LogP contribution >= 0.6 is 0 Å². The molecule has 0 aromatic carbocycles. The molecule has 0 atom stereocenters. The molecular formula is C5H9N. The van der Waals surface area contributed by atoms with Crippen LogP contribution < -0.4 is 0 Å². The molecule has 0 rings (SSSR count). The summed E-state index contributed by atoms with van der Waals surface area (Å²) in [5.74, 6) is 0. The lowest BCUT2D eigenvalue weighted by molar-refractivity contribution is 1.52. The first-order valence-electron chi connectivity index (χ1n) is 1.89. The van der Waals surface area contributed by atoms with Gasteiger partial charge in [-0.25, -0.2) is 0 Å². The third-order valence-corrected chi connectivity index (χ3v) is 0.349. The topological polar surface area (TPSA) is 12.4 Å².